The number of fused-ring (bicyclic) bond motifs is 2. The van der Waals surface area contributed by atoms with Gasteiger partial charge in [0.25, 0.3) is 11.4 Å². The van der Waals surface area contributed by atoms with E-state index in [4.69, 9.17) is 23.2 Å². The number of rotatable bonds is 14. The van der Waals surface area contributed by atoms with E-state index in [-0.39, 0.29) is 297 Å². The van der Waals surface area contributed by atoms with Gasteiger partial charge in [-0.3, -0.25) is 20.2 Å². The number of non-ortho nitro benzene ring substituents is 2. The summed E-state index contributed by atoms with van der Waals surface area (Å²) in [5, 5.41) is 88.8. The Morgan fingerprint density at radius 2 is 0.761 bits per heavy atom. The molecule has 0 amide bonds. The molecule has 0 aliphatic carbocycles. The molecule has 2 N–H and O–H groups in total. The van der Waals surface area contributed by atoms with Gasteiger partial charge in [-0.25, -0.2) is 33.7 Å². The third-order valence-corrected chi connectivity index (χ3v) is 14.3. The van der Waals surface area contributed by atoms with E-state index in [1.807, 2.05) is 0 Å². The van der Waals surface area contributed by atoms with Crippen molar-refractivity contribution in [3.05, 3.63) is 127 Å². The summed E-state index contributed by atoms with van der Waals surface area (Å²) in [6.45, 7) is 0. The fourth-order valence-corrected chi connectivity index (χ4v) is 9.43. The number of nitro groups is 2. The van der Waals surface area contributed by atoms with E-state index in [0.29, 0.717) is 24.3 Å². The molecule has 48 heteroatoms. The van der Waals surface area contributed by atoms with Crippen LogP contribution in [0.3, 0.4) is 0 Å². The number of anilines is 4. The van der Waals surface area contributed by atoms with Crippen LogP contribution in [0.5, 0.6) is 23.0 Å². The van der Waals surface area contributed by atoms with Gasteiger partial charge in [-0.1, -0.05) is 58.3 Å². The molecule has 2 heterocycles. The molecular formula is C40H14Cl2CoF4K4N12NaO20S4. The first-order valence-electron chi connectivity index (χ1n) is 20.5. The summed E-state index contributed by atoms with van der Waals surface area (Å²) in [5.41, 5.74) is -7.03. The molecule has 0 radical (unpaired) electrons. The number of hydrogen-bond acceptors (Lipinski definition) is 30. The molecule has 0 saturated heterocycles. The van der Waals surface area contributed by atoms with Crippen molar-refractivity contribution in [3.63, 3.8) is 0 Å². The van der Waals surface area contributed by atoms with E-state index in [2.05, 4.69) is 51.0 Å². The Labute approximate surface area is 701 Å². The second-order valence-electron chi connectivity index (χ2n) is 15.4. The Kier molecular flexibility index (Phi) is 32.7. The molecule has 0 atom stereocenters. The zero-order valence-electron chi connectivity index (χ0n) is 43.8. The maximum Gasteiger partial charge on any atom is 3.00 e. The van der Waals surface area contributed by atoms with Crippen LogP contribution >= 0.6 is 23.2 Å². The third-order valence-electron chi connectivity index (χ3n) is 10.2. The average molecular weight is 1500 g/mol. The Bertz CT molecular complexity index is 4380. The first-order valence-corrected chi connectivity index (χ1v) is 26.9. The summed E-state index contributed by atoms with van der Waals surface area (Å²) >= 11 is 11.4. The van der Waals surface area contributed by atoms with E-state index in [1.165, 1.54) is 12.1 Å². The van der Waals surface area contributed by atoms with Crippen LogP contribution < -0.4 is 266 Å². The van der Waals surface area contributed by atoms with Crippen LogP contribution in [-0.2, 0) is 57.3 Å². The van der Waals surface area contributed by atoms with E-state index in [9.17, 15) is 110 Å². The molecule has 0 aliphatic rings. The van der Waals surface area contributed by atoms with Crippen molar-refractivity contribution < 1.29 is 352 Å². The molecule has 0 aliphatic heterocycles. The molecule has 434 valence electrons. The average Bonchev–Trinajstić information content (AvgIpc) is 3.09. The first kappa shape index (κ1) is 84.8. The first-order chi connectivity index (χ1) is 37.9. The number of nitrogens with zero attached hydrogens (tertiary/aromatic N) is 10. The Balaban J connectivity index is 0.000000824. The van der Waals surface area contributed by atoms with Gasteiger partial charge in [-0.05, 0) is 57.9 Å². The Hall–Kier alpha value is -1.21. The monoisotopic (exact) mass is 1490 g/mol. The maximum absolute atomic E-state index is 13.6. The van der Waals surface area contributed by atoms with Crippen LogP contribution in [0.4, 0.5) is 74.7 Å². The molecule has 0 bridgehead atoms. The summed E-state index contributed by atoms with van der Waals surface area (Å²) in [7, 11) is -22.0. The largest absolute Gasteiger partial charge is 3.00 e. The molecule has 88 heavy (non-hydrogen) atoms. The van der Waals surface area contributed by atoms with Crippen LogP contribution in [0.1, 0.15) is 0 Å². The summed E-state index contributed by atoms with van der Waals surface area (Å²) in [5.74, 6) is -9.86. The fourth-order valence-electron chi connectivity index (χ4n) is 6.69. The molecule has 0 unspecified atom stereocenters. The predicted octanol–water partition coefficient (Wildman–Crippen LogP) is -9.81. The minimum Gasteiger partial charge on any atom is -0.871 e. The zero-order chi connectivity index (χ0) is 60.9. The van der Waals surface area contributed by atoms with E-state index in [0.717, 1.165) is 24.3 Å². The van der Waals surface area contributed by atoms with Gasteiger partial charge in [0.1, 0.15) is 50.5 Å². The van der Waals surface area contributed by atoms with Gasteiger partial charge in [0.15, 0.2) is 11.6 Å². The van der Waals surface area contributed by atoms with Crippen LogP contribution in [-0.4, -0.2) is 81.7 Å². The second-order valence-corrected chi connectivity index (χ2v) is 21.6. The fraction of sp³-hybridized carbons (Fsp3) is 0. The molecule has 0 spiro atoms. The quantitative estimate of drug-likeness (QED) is 0.0149. The van der Waals surface area contributed by atoms with Crippen LogP contribution in [0.2, 0.25) is 10.0 Å². The number of hydrogen-bond donors (Lipinski definition) is 2. The van der Waals surface area contributed by atoms with Crippen molar-refractivity contribution in [2.75, 3.05) is 10.6 Å². The number of nitro benzene ring substituents is 2. The Morgan fingerprint density at radius 1 is 0.455 bits per heavy atom. The van der Waals surface area contributed by atoms with Crippen LogP contribution in [0.15, 0.2) is 113 Å². The van der Waals surface area contributed by atoms with Gasteiger partial charge >= 0.3 is 264 Å². The van der Waals surface area contributed by atoms with Gasteiger partial charge in [0, 0.05) is 35.6 Å². The summed E-state index contributed by atoms with van der Waals surface area (Å²) in [4.78, 5) is 26.4. The molecule has 2 aromatic heterocycles. The molecule has 0 saturated carbocycles. The van der Waals surface area contributed by atoms with Crippen molar-refractivity contribution in [1.29, 1.82) is 0 Å². The molecule has 0 fully saturated rings. The van der Waals surface area contributed by atoms with Crippen LogP contribution in [0.25, 0.3) is 21.5 Å². The van der Waals surface area contributed by atoms with Crippen molar-refractivity contribution in [2.24, 2.45) is 20.5 Å². The van der Waals surface area contributed by atoms with Crippen molar-refractivity contribution in [1.82, 2.24) is 19.9 Å². The number of nitrogens with one attached hydrogen (secondary N) is 2. The third kappa shape index (κ3) is 20.4. The van der Waals surface area contributed by atoms with Crippen molar-refractivity contribution >= 4 is 142 Å². The Morgan fingerprint density at radius 3 is 1.05 bits per heavy atom. The maximum atomic E-state index is 13.6. The zero-order valence-corrected chi connectivity index (χ0v) is 64.1. The van der Waals surface area contributed by atoms with Gasteiger partial charge in [0.05, 0.1) is 52.2 Å². The normalized spacial score (nSPS) is 11.4. The molecule has 6 aromatic carbocycles. The van der Waals surface area contributed by atoms with Crippen LogP contribution in [0, 0.1) is 44.3 Å². The van der Waals surface area contributed by atoms with Crippen molar-refractivity contribution in [3.8, 4) is 23.0 Å². The molecule has 8 rings (SSSR count). The summed E-state index contributed by atoms with van der Waals surface area (Å²) in [6.07, 6.45) is -2.97. The molecular weight excluding hydrogens is 1480 g/mol. The second kappa shape index (κ2) is 33.9. The minimum absolute atomic E-state index is 0. The summed E-state index contributed by atoms with van der Waals surface area (Å²) in [6, 6.07) is 9.18. The van der Waals surface area contributed by atoms with Crippen molar-refractivity contribution in [2.45, 2.75) is 19.6 Å². The number of azo groups is 2. The molecule has 32 nitrogen and oxygen atoms in total. The number of halogens is 6. The van der Waals surface area contributed by atoms with E-state index < -0.39 is 173 Å². The summed E-state index contributed by atoms with van der Waals surface area (Å²) < 4.78 is 194. The molecule has 8 aromatic rings. The van der Waals surface area contributed by atoms with E-state index >= 15 is 0 Å². The topological polar surface area (TPSA) is 532 Å². The minimum atomic E-state index is -5.55. The van der Waals surface area contributed by atoms with Gasteiger partial charge in [-0.2, -0.15) is 47.7 Å². The number of benzene rings is 6. The standard InChI is InChI=1S/2C20H11ClF2N6O10S2.Co.4K.Na/c2*21-14-18(22)25-20(23)26-19(14)24-8-2-1-7-3-12(40(34,35)36)15(16(30)10(7)4-8)28-27-11-5-9(29(32)33)6-13(17(11)31)41(37,38)39;;;;;;/h2*1-6,30-31H,(H,24,25,26)(H,34,35,36)(H,37,38,39);;;;;;/q;;+3;5*+1/p-8. The van der Waals surface area contributed by atoms with Gasteiger partial charge in [-0.15, -0.1) is 10.2 Å². The SMILES string of the molecule is O=[N+]([O-])c1cc(N=Nc2c(S(=O)(=O)[O-])cc3ccc(Nc4nc(F)nc(F)c4Cl)cc3c2[O-])c([O-])c(S(=O)(=O)[O-])c1.O=[N+]([O-])c1cc(N=Nc2c(S(=O)(=O)[O-])cc3ccc(Nc4nc(F)nc(F)c4Cl)cc3c2[O-])c([O-])c(S(=O)(=O)[O-])c1.[Co+3].[K+].[K+].[K+].[K+].[Na+]. The van der Waals surface area contributed by atoms with Gasteiger partial charge < -0.3 is 49.3 Å². The van der Waals surface area contributed by atoms with E-state index in [1.54, 1.807) is 0 Å². The predicted molar refractivity (Wildman–Crippen MR) is 253 cm³/mol. The van der Waals surface area contributed by atoms with Gasteiger partial charge in [0.2, 0.25) is 11.9 Å². The number of aromatic nitrogens is 4. The smallest absolute Gasteiger partial charge is 0.871 e.